The standard InChI is InChI=1S/C7H13NO3/c1-10-7(11-2)3-5(4-7)6(8)9/h5H,3-4H2,1-2H3,(H2,8,9). The van der Waals surface area contributed by atoms with E-state index in [4.69, 9.17) is 15.2 Å². The molecule has 0 aromatic rings. The van der Waals surface area contributed by atoms with Gasteiger partial charge in [-0.05, 0) is 0 Å². The summed E-state index contributed by atoms with van der Waals surface area (Å²) in [7, 11) is 3.14. The van der Waals surface area contributed by atoms with E-state index in [9.17, 15) is 4.79 Å². The average Bonchev–Trinajstić information content (AvgIpc) is 1.87. The maximum Gasteiger partial charge on any atom is 0.220 e. The Labute approximate surface area is 65.7 Å². The molecule has 0 heterocycles. The molecule has 1 amide bonds. The maximum atomic E-state index is 10.6. The second kappa shape index (κ2) is 2.79. The fourth-order valence-corrected chi connectivity index (χ4v) is 1.31. The normalized spacial score (nSPS) is 22.7. The molecule has 64 valence electrons. The molecule has 0 saturated heterocycles. The molecular weight excluding hydrogens is 146 g/mol. The van der Waals surface area contributed by atoms with Gasteiger partial charge in [-0.25, -0.2) is 0 Å². The predicted molar refractivity (Wildman–Crippen MR) is 38.7 cm³/mol. The third-order valence-corrected chi connectivity index (χ3v) is 2.26. The van der Waals surface area contributed by atoms with Crippen molar-refractivity contribution in [2.24, 2.45) is 11.7 Å². The topological polar surface area (TPSA) is 61.6 Å². The Bertz CT molecular complexity index is 157. The lowest BCUT2D eigenvalue weighted by Crippen LogP contribution is -2.51. The summed E-state index contributed by atoms with van der Waals surface area (Å²) >= 11 is 0. The highest BCUT2D eigenvalue weighted by Gasteiger charge is 2.47. The number of nitrogens with two attached hydrogens (primary N) is 1. The Balaban J connectivity index is 2.41. The summed E-state index contributed by atoms with van der Waals surface area (Å²) in [6, 6.07) is 0. The molecule has 11 heavy (non-hydrogen) atoms. The summed E-state index contributed by atoms with van der Waals surface area (Å²) in [6.45, 7) is 0. The van der Waals surface area contributed by atoms with Crippen LogP contribution in [0.4, 0.5) is 0 Å². The predicted octanol–water partition coefficient (Wildman–Crippen LogP) is -0.129. The number of hydrogen-bond acceptors (Lipinski definition) is 3. The zero-order valence-corrected chi connectivity index (χ0v) is 6.79. The van der Waals surface area contributed by atoms with Gasteiger partial charge in [0.25, 0.3) is 0 Å². The Kier molecular flexibility index (Phi) is 2.15. The van der Waals surface area contributed by atoms with Gasteiger partial charge >= 0.3 is 0 Å². The van der Waals surface area contributed by atoms with Gasteiger partial charge in [-0.3, -0.25) is 4.79 Å². The summed E-state index contributed by atoms with van der Waals surface area (Å²) in [5, 5.41) is 0. The third-order valence-electron chi connectivity index (χ3n) is 2.26. The van der Waals surface area contributed by atoms with Gasteiger partial charge in [0, 0.05) is 33.0 Å². The van der Waals surface area contributed by atoms with Gasteiger partial charge in [-0.2, -0.15) is 0 Å². The van der Waals surface area contributed by atoms with Crippen molar-refractivity contribution >= 4 is 5.91 Å². The number of methoxy groups -OCH3 is 2. The molecule has 0 aromatic heterocycles. The van der Waals surface area contributed by atoms with E-state index in [1.165, 1.54) is 0 Å². The van der Waals surface area contributed by atoms with Crippen LogP contribution in [-0.2, 0) is 14.3 Å². The molecule has 1 saturated carbocycles. The van der Waals surface area contributed by atoms with Crippen molar-refractivity contribution in [3.8, 4) is 0 Å². The Morgan fingerprint density at radius 3 is 2.18 bits per heavy atom. The summed E-state index contributed by atoms with van der Waals surface area (Å²) in [5.74, 6) is -0.885. The molecule has 0 unspecified atom stereocenters. The quantitative estimate of drug-likeness (QED) is 0.583. The van der Waals surface area contributed by atoms with Crippen molar-refractivity contribution in [2.75, 3.05) is 14.2 Å². The first kappa shape index (κ1) is 8.49. The molecule has 1 rings (SSSR count). The number of ether oxygens (including phenoxy) is 2. The molecule has 4 nitrogen and oxygen atoms in total. The van der Waals surface area contributed by atoms with Crippen LogP contribution < -0.4 is 5.73 Å². The van der Waals surface area contributed by atoms with Gasteiger partial charge in [-0.15, -0.1) is 0 Å². The van der Waals surface area contributed by atoms with E-state index in [1.54, 1.807) is 14.2 Å². The van der Waals surface area contributed by atoms with E-state index < -0.39 is 5.79 Å². The van der Waals surface area contributed by atoms with E-state index in [0.717, 1.165) is 0 Å². The van der Waals surface area contributed by atoms with Crippen LogP contribution in [0.25, 0.3) is 0 Å². The SMILES string of the molecule is COC1(OC)CC(C(N)=O)C1. The van der Waals surface area contributed by atoms with Gasteiger partial charge in [0.2, 0.25) is 5.91 Å². The molecule has 1 aliphatic rings. The van der Waals surface area contributed by atoms with E-state index in [-0.39, 0.29) is 11.8 Å². The second-order valence-corrected chi connectivity index (χ2v) is 2.83. The van der Waals surface area contributed by atoms with Gasteiger partial charge in [0.15, 0.2) is 5.79 Å². The van der Waals surface area contributed by atoms with Crippen molar-refractivity contribution in [1.82, 2.24) is 0 Å². The molecule has 1 fully saturated rings. The smallest absolute Gasteiger partial charge is 0.220 e. The van der Waals surface area contributed by atoms with Gasteiger partial charge in [0.1, 0.15) is 0 Å². The minimum Gasteiger partial charge on any atom is -0.369 e. The first-order valence-electron chi connectivity index (χ1n) is 3.53. The van der Waals surface area contributed by atoms with E-state index in [2.05, 4.69) is 0 Å². The number of carbonyl (C=O) groups excluding carboxylic acids is 1. The summed E-state index contributed by atoms with van der Waals surface area (Å²) in [4.78, 5) is 10.6. The van der Waals surface area contributed by atoms with Crippen molar-refractivity contribution < 1.29 is 14.3 Å². The third kappa shape index (κ3) is 1.36. The van der Waals surface area contributed by atoms with Crippen LogP contribution in [0.2, 0.25) is 0 Å². The van der Waals surface area contributed by atoms with Crippen LogP contribution in [0.3, 0.4) is 0 Å². The van der Waals surface area contributed by atoms with Gasteiger partial charge < -0.3 is 15.2 Å². The highest BCUT2D eigenvalue weighted by Crippen LogP contribution is 2.40. The molecule has 0 spiro atoms. The number of primary amides is 1. The van der Waals surface area contributed by atoms with Crippen LogP contribution >= 0.6 is 0 Å². The van der Waals surface area contributed by atoms with Crippen LogP contribution in [-0.4, -0.2) is 25.9 Å². The highest BCUT2D eigenvalue weighted by atomic mass is 16.7. The van der Waals surface area contributed by atoms with Gasteiger partial charge in [-0.1, -0.05) is 0 Å². The fraction of sp³-hybridized carbons (Fsp3) is 0.857. The number of rotatable bonds is 3. The monoisotopic (exact) mass is 159 g/mol. The van der Waals surface area contributed by atoms with E-state index in [1.807, 2.05) is 0 Å². The maximum absolute atomic E-state index is 10.6. The Morgan fingerprint density at radius 1 is 1.45 bits per heavy atom. The first-order chi connectivity index (χ1) is 5.13. The number of carbonyl (C=O) groups is 1. The molecule has 4 heteroatoms. The molecule has 0 aromatic carbocycles. The van der Waals surface area contributed by atoms with Crippen LogP contribution in [0.15, 0.2) is 0 Å². The second-order valence-electron chi connectivity index (χ2n) is 2.83. The molecule has 0 radical (unpaired) electrons. The minimum atomic E-state index is -0.542. The highest BCUT2D eigenvalue weighted by molar-refractivity contribution is 5.77. The van der Waals surface area contributed by atoms with Crippen molar-refractivity contribution in [1.29, 1.82) is 0 Å². The molecule has 0 atom stereocenters. The molecule has 0 bridgehead atoms. The number of amides is 1. The van der Waals surface area contributed by atoms with Crippen molar-refractivity contribution in [3.05, 3.63) is 0 Å². The average molecular weight is 159 g/mol. The molecule has 0 aliphatic heterocycles. The van der Waals surface area contributed by atoms with Crippen LogP contribution in [0.1, 0.15) is 12.8 Å². The van der Waals surface area contributed by atoms with Crippen molar-refractivity contribution in [3.63, 3.8) is 0 Å². The van der Waals surface area contributed by atoms with Gasteiger partial charge in [0.05, 0.1) is 0 Å². The summed E-state index contributed by atoms with van der Waals surface area (Å²) in [6.07, 6.45) is 1.16. The van der Waals surface area contributed by atoms with Crippen LogP contribution in [0, 0.1) is 5.92 Å². The minimum absolute atomic E-state index is 0.0742. The number of hydrogen-bond donors (Lipinski definition) is 1. The molecule has 1 aliphatic carbocycles. The Hall–Kier alpha value is -0.610. The first-order valence-corrected chi connectivity index (χ1v) is 3.53. The Morgan fingerprint density at radius 2 is 1.91 bits per heavy atom. The molecular formula is C7H13NO3. The lowest BCUT2D eigenvalue weighted by molar-refractivity contribution is -0.266. The zero-order chi connectivity index (χ0) is 8.48. The lowest BCUT2D eigenvalue weighted by Gasteiger charge is -2.43. The van der Waals surface area contributed by atoms with E-state index in [0.29, 0.717) is 12.8 Å². The largest absolute Gasteiger partial charge is 0.369 e. The fourth-order valence-electron chi connectivity index (χ4n) is 1.31. The summed E-state index contributed by atoms with van der Waals surface area (Å²) in [5.41, 5.74) is 5.08. The zero-order valence-electron chi connectivity index (χ0n) is 6.79. The summed E-state index contributed by atoms with van der Waals surface area (Å²) < 4.78 is 10.1. The molecule has 2 N–H and O–H groups in total. The van der Waals surface area contributed by atoms with Crippen LogP contribution in [0.5, 0.6) is 0 Å². The van der Waals surface area contributed by atoms with E-state index >= 15 is 0 Å². The van der Waals surface area contributed by atoms with Crippen molar-refractivity contribution in [2.45, 2.75) is 18.6 Å². The lowest BCUT2D eigenvalue weighted by atomic mass is 9.78.